The zero-order chi connectivity index (χ0) is 20.6. The number of hydrogen-bond donors (Lipinski definition) is 2. The number of nitrogens with zero attached hydrogens (tertiary/aromatic N) is 3. The minimum atomic E-state index is -4.90. The minimum absolute atomic E-state index is 0.0165. The van der Waals surface area contributed by atoms with Crippen LogP contribution in [-0.2, 0) is 6.54 Å². The maximum Gasteiger partial charge on any atom is 0.573 e. The molecule has 0 aliphatic rings. The number of amides is 1. The van der Waals surface area contributed by atoms with Crippen LogP contribution < -0.4 is 10.1 Å². The molecular formula is C18H12F3N5O2S. The van der Waals surface area contributed by atoms with E-state index in [9.17, 15) is 18.0 Å². The lowest BCUT2D eigenvalue weighted by Gasteiger charge is -2.12. The molecule has 29 heavy (non-hydrogen) atoms. The van der Waals surface area contributed by atoms with Crippen LogP contribution in [0.15, 0.2) is 48.7 Å². The van der Waals surface area contributed by atoms with Crippen molar-refractivity contribution in [3.8, 4) is 5.75 Å². The van der Waals surface area contributed by atoms with E-state index in [4.69, 9.17) is 12.2 Å². The summed E-state index contributed by atoms with van der Waals surface area (Å²) >= 11 is 5.27. The Labute approximate surface area is 166 Å². The molecular weight excluding hydrogens is 407 g/mol. The summed E-state index contributed by atoms with van der Waals surface area (Å²) in [6.07, 6.45) is -3.27. The maximum atomic E-state index is 12.5. The lowest BCUT2D eigenvalue weighted by molar-refractivity contribution is -0.274. The van der Waals surface area contributed by atoms with Gasteiger partial charge in [-0.3, -0.25) is 4.79 Å². The first-order chi connectivity index (χ1) is 13.8. The average molecular weight is 419 g/mol. The highest BCUT2D eigenvalue weighted by Gasteiger charge is 2.32. The molecule has 0 radical (unpaired) electrons. The van der Waals surface area contributed by atoms with E-state index in [0.717, 1.165) is 11.5 Å². The van der Waals surface area contributed by atoms with Gasteiger partial charge >= 0.3 is 6.36 Å². The van der Waals surface area contributed by atoms with Crippen molar-refractivity contribution >= 4 is 34.7 Å². The number of hydrogen-bond acceptors (Lipinski definition) is 5. The largest absolute Gasteiger partial charge is 0.573 e. The highest BCUT2D eigenvalue weighted by atomic mass is 32.1. The average Bonchev–Trinajstić information content (AvgIpc) is 3.11. The van der Waals surface area contributed by atoms with Crippen molar-refractivity contribution in [3.05, 3.63) is 64.7 Å². The molecule has 4 rings (SSSR count). The summed E-state index contributed by atoms with van der Waals surface area (Å²) in [6, 6.07) is 10.5. The number of carbonyl (C=O) groups excluding carboxylic acids is 1. The van der Waals surface area contributed by atoms with Crippen LogP contribution in [0.4, 0.5) is 13.2 Å². The van der Waals surface area contributed by atoms with Crippen molar-refractivity contribution in [1.29, 1.82) is 0 Å². The molecule has 0 bridgehead atoms. The Hall–Kier alpha value is -3.47. The predicted octanol–water partition coefficient (Wildman–Crippen LogP) is 3.77. The third-order valence-electron chi connectivity index (χ3n) is 4.05. The van der Waals surface area contributed by atoms with Gasteiger partial charge in [-0.05, 0) is 42.5 Å². The first-order valence-electron chi connectivity index (χ1n) is 8.30. The molecule has 3 heterocycles. The Balaban J connectivity index is 1.59. The summed E-state index contributed by atoms with van der Waals surface area (Å²) in [5.41, 5.74) is 1.53. The molecule has 1 amide bonds. The van der Waals surface area contributed by atoms with Crippen molar-refractivity contribution < 1.29 is 22.7 Å². The Bertz CT molecular complexity index is 1280. The fourth-order valence-electron chi connectivity index (χ4n) is 2.86. The van der Waals surface area contributed by atoms with Crippen LogP contribution >= 0.6 is 12.2 Å². The minimum Gasteiger partial charge on any atom is -0.405 e. The maximum absolute atomic E-state index is 12.5. The molecule has 0 fully saturated rings. The van der Waals surface area contributed by atoms with Crippen molar-refractivity contribution in [1.82, 2.24) is 24.9 Å². The van der Waals surface area contributed by atoms with Gasteiger partial charge in [-0.25, -0.2) is 9.50 Å². The van der Waals surface area contributed by atoms with Crippen LogP contribution in [0.25, 0.3) is 16.6 Å². The Morgan fingerprint density at radius 3 is 2.83 bits per heavy atom. The van der Waals surface area contributed by atoms with E-state index in [0.29, 0.717) is 21.6 Å². The molecule has 4 aromatic rings. The third-order valence-corrected chi connectivity index (χ3v) is 4.32. The Morgan fingerprint density at radius 1 is 1.24 bits per heavy atom. The number of H-pyrrole nitrogens is 1. The summed E-state index contributed by atoms with van der Waals surface area (Å²) in [6.45, 7) is -0.0165. The van der Waals surface area contributed by atoms with Gasteiger partial charge in [0.05, 0.1) is 23.3 Å². The zero-order valence-electron chi connectivity index (χ0n) is 14.5. The van der Waals surface area contributed by atoms with Crippen molar-refractivity contribution in [3.63, 3.8) is 0 Å². The molecule has 0 aliphatic carbocycles. The first-order valence-corrected chi connectivity index (χ1v) is 8.71. The van der Waals surface area contributed by atoms with E-state index < -0.39 is 18.0 Å². The van der Waals surface area contributed by atoms with Crippen LogP contribution in [0.3, 0.4) is 0 Å². The number of nitrogens with one attached hydrogen (secondary N) is 2. The number of ether oxygens (including phenoxy) is 1. The lowest BCUT2D eigenvalue weighted by atomic mass is 10.2. The predicted molar refractivity (Wildman–Crippen MR) is 100.0 cm³/mol. The molecule has 148 valence electrons. The number of pyridine rings is 1. The number of para-hydroxylation sites is 1. The standard InChI is InChI=1S/C18H12F3N5O2S/c19-18(20,21)28-14-6-2-1-4-12(14)16(27)23-9-10-8-13-11-5-3-7-22-15(11)24-17(29)26(13)25-10/h1-8H,9H2,(H,23,27)(H,22,24,29). The fraction of sp³-hybridized carbons (Fsp3) is 0.111. The number of aromatic amines is 1. The SMILES string of the molecule is O=C(NCc1cc2c3cccnc3[nH]c(=S)n2n1)c1ccccc1OC(F)(F)F. The number of alkyl halides is 3. The van der Waals surface area contributed by atoms with Gasteiger partial charge in [0.15, 0.2) is 4.77 Å². The molecule has 0 unspecified atom stereocenters. The number of halogens is 3. The van der Waals surface area contributed by atoms with E-state index in [2.05, 4.69) is 25.1 Å². The Morgan fingerprint density at radius 2 is 2.03 bits per heavy atom. The number of benzene rings is 1. The van der Waals surface area contributed by atoms with Crippen LogP contribution in [0, 0.1) is 4.77 Å². The fourth-order valence-corrected chi connectivity index (χ4v) is 3.10. The number of aromatic nitrogens is 4. The second kappa shape index (κ2) is 7.17. The van der Waals surface area contributed by atoms with Crippen molar-refractivity contribution in [2.24, 2.45) is 0 Å². The summed E-state index contributed by atoms with van der Waals surface area (Å²) in [7, 11) is 0. The zero-order valence-corrected chi connectivity index (χ0v) is 15.3. The molecule has 0 saturated heterocycles. The topological polar surface area (TPSA) is 84.3 Å². The normalized spacial score (nSPS) is 11.7. The number of rotatable bonds is 4. The first kappa shape index (κ1) is 18.9. The van der Waals surface area contributed by atoms with Gasteiger partial charge in [0.2, 0.25) is 0 Å². The highest BCUT2D eigenvalue weighted by Crippen LogP contribution is 2.26. The lowest BCUT2D eigenvalue weighted by Crippen LogP contribution is -2.25. The summed E-state index contributed by atoms with van der Waals surface area (Å²) in [5, 5.41) is 7.67. The van der Waals surface area contributed by atoms with E-state index in [1.54, 1.807) is 18.3 Å². The van der Waals surface area contributed by atoms with Crippen molar-refractivity contribution in [2.45, 2.75) is 12.9 Å². The van der Waals surface area contributed by atoms with Crippen LogP contribution in [-0.4, -0.2) is 31.9 Å². The van der Waals surface area contributed by atoms with Gasteiger partial charge in [0, 0.05) is 11.6 Å². The third kappa shape index (κ3) is 3.90. The van der Waals surface area contributed by atoms with E-state index in [-0.39, 0.29) is 12.1 Å². The second-order valence-corrected chi connectivity index (χ2v) is 6.38. The van der Waals surface area contributed by atoms with Gasteiger partial charge in [-0.1, -0.05) is 12.1 Å². The number of carbonyl (C=O) groups is 1. The van der Waals surface area contributed by atoms with E-state index in [1.807, 2.05) is 6.07 Å². The molecule has 0 atom stereocenters. The summed E-state index contributed by atoms with van der Waals surface area (Å²) < 4.78 is 43.3. The number of fused-ring (bicyclic) bond motifs is 3. The van der Waals surface area contributed by atoms with Gasteiger partial charge in [0.1, 0.15) is 11.4 Å². The van der Waals surface area contributed by atoms with Crippen molar-refractivity contribution in [2.75, 3.05) is 0 Å². The molecule has 11 heteroatoms. The molecule has 1 aromatic carbocycles. The summed E-state index contributed by atoms with van der Waals surface area (Å²) in [5.74, 6) is -1.30. The molecule has 2 N–H and O–H groups in total. The van der Waals surface area contributed by atoms with E-state index in [1.165, 1.54) is 22.7 Å². The molecule has 3 aromatic heterocycles. The quantitative estimate of drug-likeness (QED) is 0.492. The van der Waals surface area contributed by atoms with Gasteiger partial charge < -0.3 is 15.0 Å². The second-order valence-electron chi connectivity index (χ2n) is 5.99. The van der Waals surface area contributed by atoms with Gasteiger partial charge in [-0.2, -0.15) is 5.10 Å². The van der Waals surface area contributed by atoms with Crippen LogP contribution in [0.5, 0.6) is 5.75 Å². The monoisotopic (exact) mass is 419 g/mol. The molecule has 0 saturated carbocycles. The smallest absolute Gasteiger partial charge is 0.405 e. The molecule has 0 spiro atoms. The van der Waals surface area contributed by atoms with E-state index >= 15 is 0 Å². The van der Waals surface area contributed by atoms with Crippen LogP contribution in [0.1, 0.15) is 16.1 Å². The molecule has 7 nitrogen and oxygen atoms in total. The highest BCUT2D eigenvalue weighted by molar-refractivity contribution is 7.71. The van der Waals surface area contributed by atoms with Gasteiger partial charge in [-0.15, -0.1) is 13.2 Å². The van der Waals surface area contributed by atoms with Crippen LogP contribution in [0.2, 0.25) is 0 Å². The summed E-state index contributed by atoms with van der Waals surface area (Å²) in [4.78, 5) is 19.6. The van der Waals surface area contributed by atoms with Gasteiger partial charge in [0.25, 0.3) is 5.91 Å². The Kier molecular flexibility index (Phi) is 4.66. The molecule has 0 aliphatic heterocycles.